The van der Waals surface area contributed by atoms with Crippen molar-refractivity contribution in [3.05, 3.63) is 18.6 Å². The number of methoxy groups -OCH3 is 4. The number of benzene rings is 1. The Bertz CT molecular complexity index is 347. The highest BCUT2D eigenvalue weighted by Crippen LogP contribution is 2.46. The quantitative estimate of drug-likeness (QED) is 0.762. The Morgan fingerprint density at radius 1 is 0.800 bits per heavy atom. The molecule has 0 atom stereocenters. The third kappa shape index (κ3) is 1.93. The first-order valence-electron chi connectivity index (χ1n) is 4.38. The predicted octanol–water partition coefficient (Wildman–Crippen LogP) is 1.90. The molecule has 0 bridgehead atoms. The van der Waals surface area contributed by atoms with Crippen molar-refractivity contribution in [1.82, 2.24) is 0 Å². The Labute approximate surface area is 89.7 Å². The summed E-state index contributed by atoms with van der Waals surface area (Å²) in [6.45, 7) is 3.84. The van der Waals surface area contributed by atoms with E-state index in [0.717, 1.165) is 0 Å². The third-order valence-electron chi connectivity index (χ3n) is 2.07. The molecule has 0 spiro atoms. The van der Waals surface area contributed by atoms with Gasteiger partial charge in [-0.15, -0.1) is 0 Å². The zero-order valence-corrected chi connectivity index (χ0v) is 9.42. The fourth-order valence-electron chi connectivity index (χ4n) is 1.40. The van der Waals surface area contributed by atoms with Gasteiger partial charge in [-0.3, -0.25) is 0 Å². The average molecular weight is 211 g/mol. The minimum Gasteiger partial charge on any atom is -0.493 e. The molecule has 4 nitrogen and oxygen atoms in total. The van der Waals surface area contributed by atoms with Gasteiger partial charge in [0.1, 0.15) is 0 Å². The molecule has 15 heavy (non-hydrogen) atoms. The molecule has 0 saturated carbocycles. The fourth-order valence-corrected chi connectivity index (χ4v) is 1.40. The molecule has 1 aromatic carbocycles. The predicted molar refractivity (Wildman–Crippen MR) is 57.1 cm³/mol. The van der Waals surface area contributed by atoms with E-state index in [9.17, 15) is 0 Å². The highest BCUT2D eigenvalue weighted by molar-refractivity contribution is 5.63. The topological polar surface area (TPSA) is 36.9 Å². The van der Waals surface area contributed by atoms with E-state index in [1.54, 1.807) is 34.5 Å². The second kappa shape index (κ2) is 4.77. The van der Waals surface area contributed by atoms with Gasteiger partial charge in [0, 0.05) is 5.56 Å². The summed E-state index contributed by atoms with van der Waals surface area (Å²) in [4.78, 5) is 0. The van der Waals surface area contributed by atoms with Crippen molar-refractivity contribution >= 4 is 0 Å². The Hall–Kier alpha value is -1.58. The summed E-state index contributed by atoms with van der Waals surface area (Å²) in [5.74, 6) is 2.11. The van der Waals surface area contributed by atoms with E-state index in [0.29, 0.717) is 28.6 Å². The van der Waals surface area contributed by atoms with Crippen molar-refractivity contribution < 1.29 is 18.9 Å². The van der Waals surface area contributed by atoms with Gasteiger partial charge in [0.15, 0.2) is 11.5 Å². The first kappa shape index (κ1) is 11.5. The van der Waals surface area contributed by atoms with E-state index in [4.69, 9.17) is 18.9 Å². The van der Waals surface area contributed by atoms with Crippen LogP contribution in [0.25, 0.3) is 0 Å². The van der Waals surface area contributed by atoms with Gasteiger partial charge >= 0.3 is 0 Å². The van der Waals surface area contributed by atoms with E-state index >= 15 is 0 Å². The Kier molecular flexibility index (Phi) is 3.66. The lowest BCUT2D eigenvalue weighted by Gasteiger charge is -2.16. The van der Waals surface area contributed by atoms with Gasteiger partial charge in [0.25, 0.3) is 0 Å². The molecule has 1 aromatic rings. The molecule has 0 aliphatic rings. The molecule has 0 fully saturated rings. The van der Waals surface area contributed by atoms with Crippen LogP contribution in [0.3, 0.4) is 0 Å². The van der Waals surface area contributed by atoms with E-state index in [1.165, 1.54) is 0 Å². The molecule has 4 heteroatoms. The maximum absolute atomic E-state index is 5.21. The van der Waals surface area contributed by atoms with Crippen LogP contribution in [0.2, 0.25) is 0 Å². The van der Waals surface area contributed by atoms with Crippen LogP contribution in [0.1, 0.15) is 5.56 Å². The molecule has 83 valence electrons. The number of hydrogen-bond donors (Lipinski definition) is 0. The zero-order chi connectivity index (χ0) is 11.4. The zero-order valence-electron chi connectivity index (χ0n) is 9.42. The van der Waals surface area contributed by atoms with Crippen molar-refractivity contribution in [2.45, 2.75) is 0 Å². The molecule has 0 amide bonds. The van der Waals surface area contributed by atoms with E-state index in [1.807, 2.05) is 0 Å². The molecule has 0 heterocycles. The van der Waals surface area contributed by atoms with Crippen molar-refractivity contribution in [1.29, 1.82) is 0 Å². The minimum absolute atomic E-state index is 0.490. The summed E-state index contributed by atoms with van der Waals surface area (Å²) in [6.07, 6.45) is 0. The van der Waals surface area contributed by atoms with Crippen LogP contribution in [0.4, 0.5) is 0 Å². The lowest BCUT2D eigenvalue weighted by molar-refractivity contribution is 0.305. The normalized spacial score (nSPS) is 9.67. The monoisotopic (exact) mass is 211 g/mol. The molecule has 0 unspecified atom stereocenters. The van der Waals surface area contributed by atoms with Gasteiger partial charge in [-0.25, -0.2) is 0 Å². The highest BCUT2D eigenvalue weighted by Gasteiger charge is 2.19. The minimum atomic E-state index is 0.490. The first-order valence-corrected chi connectivity index (χ1v) is 4.38. The Morgan fingerprint density at radius 2 is 1.33 bits per heavy atom. The third-order valence-corrected chi connectivity index (χ3v) is 2.07. The van der Waals surface area contributed by atoms with Crippen molar-refractivity contribution in [2.75, 3.05) is 28.4 Å². The summed E-state index contributed by atoms with van der Waals surface area (Å²) in [5, 5.41) is 0. The van der Waals surface area contributed by atoms with Gasteiger partial charge in [-0.05, 0) is 13.0 Å². The summed E-state index contributed by atoms with van der Waals surface area (Å²) in [5.41, 5.74) is 0.687. The SMILES string of the molecule is [CH2]c1cc(OC)c(OC)c(OC)c1OC. The summed E-state index contributed by atoms with van der Waals surface area (Å²) in [7, 11) is 6.20. The van der Waals surface area contributed by atoms with Crippen LogP contribution < -0.4 is 18.9 Å². The fraction of sp³-hybridized carbons (Fsp3) is 0.364. The maximum Gasteiger partial charge on any atom is 0.207 e. The lowest BCUT2D eigenvalue weighted by Crippen LogP contribution is -1.99. The first-order chi connectivity index (χ1) is 7.19. The molecule has 0 aliphatic heterocycles. The molecule has 1 radical (unpaired) electrons. The van der Waals surface area contributed by atoms with E-state index in [-0.39, 0.29) is 0 Å². The van der Waals surface area contributed by atoms with Crippen molar-refractivity contribution in [3.63, 3.8) is 0 Å². The second-order valence-electron chi connectivity index (χ2n) is 2.84. The van der Waals surface area contributed by atoms with E-state index in [2.05, 4.69) is 6.92 Å². The molecule has 0 aromatic heterocycles. The number of rotatable bonds is 4. The van der Waals surface area contributed by atoms with E-state index < -0.39 is 0 Å². The van der Waals surface area contributed by atoms with Crippen LogP contribution >= 0.6 is 0 Å². The number of hydrogen-bond acceptors (Lipinski definition) is 4. The van der Waals surface area contributed by atoms with Crippen LogP contribution in [0, 0.1) is 6.92 Å². The summed E-state index contributed by atoms with van der Waals surface area (Å²) >= 11 is 0. The van der Waals surface area contributed by atoms with Gasteiger partial charge in [0.05, 0.1) is 28.4 Å². The van der Waals surface area contributed by atoms with Gasteiger partial charge in [-0.1, -0.05) is 0 Å². The van der Waals surface area contributed by atoms with Crippen LogP contribution in [0.15, 0.2) is 6.07 Å². The Morgan fingerprint density at radius 3 is 1.73 bits per heavy atom. The maximum atomic E-state index is 5.21. The lowest BCUT2D eigenvalue weighted by atomic mass is 10.1. The molecule has 0 saturated heterocycles. The second-order valence-corrected chi connectivity index (χ2v) is 2.84. The Balaban J connectivity index is 3.44. The summed E-state index contributed by atoms with van der Waals surface area (Å²) < 4.78 is 20.8. The standard InChI is InChI=1S/C11H15O4/c1-7-6-8(12-2)10(14-4)11(15-5)9(7)13-3/h6H,1H2,2-5H3. The van der Waals surface area contributed by atoms with Crippen LogP contribution in [-0.4, -0.2) is 28.4 Å². The number of ether oxygens (including phenoxy) is 4. The van der Waals surface area contributed by atoms with Crippen LogP contribution in [-0.2, 0) is 0 Å². The van der Waals surface area contributed by atoms with Crippen molar-refractivity contribution in [2.24, 2.45) is 0 Å². The van der Waals surface area contributed by atoms with Crippen molar-refractivity contribution in [3.8, 4) is 23.0 Å². The molecule has 0 aliphatic carbocycles. The van der Waals surface area contributed by atoms with Gasteiger partial charge in [-0.2, -0.15) is 0 Å². The smallest absolute Gasteiger partial charge is 0.207 e. The molecular formula is C11H15O4. The largest absolute Gasteiger partial charge is 0.493 e. The average Bonchev–Trinajstić information content (AvgIpc) is 2.27. The summed E-state index contributed by atoms with van der Waals surface area (Å²) in [6, 6.07) is 1.74. The van der Waals surface area contributed by atoms with Gasteiger partial charge in [0.2, 0.25) is 11.5 Å². The molecule has 1 rings (SSSR count). The highest BCUT2D eigenvalue weighted by atomic mass is 16.5. The van der Waals surface area contributed by atoms with Crippen LogP contribution in [0.5, 0.6) is 23.0 Å². The molecular weight excluding hydrogens is 196 g/mol. The molecule has 0 N–H and O–H groups in total. The van der Waals surface area contributed by atoms with Gasteiger partial charge < -0.3 is 18.9 Å².